The number of carboxylic acids is 1. The Balaban J connectivity index is 2.53. The van der Waals surface area contributed by atoms with Gasteiger partial charge in [0.2, 0.25) is 0 Å². The van der Waals surface area contributed by atoms with E-state index < -0.39 is 5.97 Å². The molecule has 0 bridgehead atoms. The van der Waals surface area contributed by atoms with Gasteiger partial charge in [-0.2, -0.15) is 0 Å². The van der Waals surface area contributed by atoms with Crippen LogP contribution in [0.15, 0.2) is 18.2 Å². The molecule has 108 valence electrons. The highest BCUT2D eigenvalue weighted by Crippen LogP contribution is 2.23. The van der Waals surface area contributed by atoms with E-state index in [9.17, 15) is 4.79 Å². The summed E-state index contributed by atoms with van der Waals surface area (Å²) in [7, 11) is 0. The summed E-state index contributed by atoms with van der Waals surface area (Å²) in [5.74, 6) is 0.0323. The summed E-state index contributed by atoms with van der Waals surface area (Å²) in [5.41, 5.74) is 1.97. The molecule has 2 aromatic rings. The molecule has 0 aliphatic carbocycles. The molecule has 1 aromatic carbocycles. The second-order valence-electron chi connectivity index (χ2n) is 4.77. The van der Waals surface area contributed by atoms with Gasteiger partial charge in [0.15, 0.2) is 0 Å². The maximum Gasteiger partial charge on any atom is 0.335 e. The zero-order valence-electron chi connectivity index (χ0n) is 12.1. The third kappa shape index (κ3) is 2.67. The average Bonchev–Trinajstić information content (AvgIpc) is 2.82. The molecule has 1 unspecified atom stereocenters. The molecule has 1 N–H and O–H groups in total. The molecule has 5 nitrogen and oxygen atoms in total. The van der Waals surface area contributed by atoms with Crippen LogP contribution in [0, 0.1) is 0 Å². The quantitative estimate of drug-likeness (QED) is 0.881. The molecule has 1 heterocycles. The Labute approximate surface area is 118 Å². The van der Waals surface area contributed by atoms with Crippen LogP contribution in [0.1, 0.15) is 43.0 Å². The molecule has 1 atom stereocenters. The first-order valence-corrected chi connectivity index (χ1v) is 6.90. The Morgan fingerprint density at radius 2 is 2.20 bits per heavy atom. The summed E-state index contributed by atoms with van der Waals surface area (Å²) < 4.78 is 7.56. The van der Waals surface area contributed by atoms with E-state index in [-0.39, 0.29) is 11.6 Å². The van der Waals surface area contributed by atoms with Crippen LogP contribution in [-0.4, -0.2) is 33.8 Å². The van der Waals surface area contributed by atoms with Crippen molar-refractivity contribution in [2.45, 2.75) is 33.2 Å². The molecule has 0 aliphatic heterocycles. The predicted molar refractivity (Wildman–Crippen MR) is 77.3 cm³/mol. The Morgan fingerprint density at radius 1 is 1.45 bits per heavy atom. The topological polar surface area (TPSA) is 64.4 Å². The number of hydrogen-bond acceptors (Lipinski definition) is 3. The average molecular weight is 276 g/mol. The zero-order valence-corrected chi connectivity index (χ0v) is 12.1. The molecule has 0 radical (unpaired) electrons. The number of ether oxygens (including phenoxy) is 1. The van der Waals surface area contributed by atoms with Crippen LogP contribution in [0.5, 0.6) is 0 Å². The molecular weight excluding hydrogens is 256 g/mol. The van der Waals surface area contributed by atoms with Crippen molar-refractivity contribution in [1.29, 1.82) is 0 Å². The first kappa shape index (κ1) is 14.5. The van der Waals surface area contributed by atoms with Gasteiger partial charge in [-0.1, -0.05) is 6.92 Å². The molecule has 0 fully saturated rings. The van der Waals surface area contributed by atoms with E-state index >= 15 is 0 Å². The molecule has 0 saturated carbocycles. The number of nitrogens with zero attached hydrogens (tertiary/aromatic N) is 2. The van der Waals surface area contributed by atoms with Crippen molar-refractivity contribution < 1.29 is 14.6 Å². The number of hydrogen-bond donors (Lipinski definition) is 1. The second-order valence-corrected chi connectivity index (χ2v) is 4.77. The van der Waals surface area contributed by atoms with E-state index in [2.05, 4.69) is 16.5 Å². The molecule has 1 aromatic heterocycles. The lowest BCUT2D eigenvalue weighted by atomic mass is 10.2. The lowest BCUT2D eigenvalue weighted by Crippen LogP contribution is -2.15. The summed E-state index contributed by atoms with van der Waals surface area (Å²) in [6, 6.07) is 5.17. The van der Waals surface area contributed by atoms with Crippen molar-refractivity contribution in [2.24, 2.45) is 0 Å². The largest absolute Gasteiger partial charge is 0.478 e. The number of rotatable bonds is 6. The number of carbonyl (C=O) groups is 1. The summed E-state index contributed by atoms with van der Waals surface area (Å²) in [5, 5.41) is 9.12. The summed E-state index contributed by atoms with van der Waals surface area (Å²) in [4.78, 5) is 15.7. The third-order valence-electron chi connectivity index (χ3n) is 3.33. The monoisotopic (exact) mass is 276 g/mol. The lowest BCUT2D eigenvalue weighted by Gasteiger charge is -2.17. The van der Waals surface area contributed by atoms with Crippen molar-refractivity contribution in [1.82, 2.24) is 9.55 Å². The molecule has 0 spiro atoms. The SMILES string of the molecule is CCOCC(C)n1c(CC)nc2ccc(C(=O)O)cc21. The normalized spacial score (nSPS) is 12.8. The van der Waals surface area contributed by atoms with E-state index in [1.165, 1.54) is 0 Å². The van der Waals surface area contributed by atoms with Gasteiger partial charge in [-0.25, -0.2) is 9.78 Å². The van der Waals surface area contributed by atoms with Crippen LogP contribution in [0.3, 0.4) is 0 Å². The van der Waals surface area contributed by atoms with Crippen molar-refractivity contribution in [3.63, 3.8) is 0 Å². The van der Waals surface area contributed by atoms with E-state index in [0.29, 0.717) is 13.2 Å². The van der Waals surface area contributed by atoms with E-state index in [1.807, 2.05) is 13.8 Å². The number of benzene rings is 1. The minimum atomic E-state index is -0.921. The van der Waals surface area contributed by atoms with Crippen molar-refractivity contribution >= 4 is 17.0 Å². The molecule has 2 rings (SSSR count). The Kier molecular flexibility index (Phi) is 4.39. The molecule has 0 amide bonds. The third-order valence-corrected chi connectivity index (χ3v) is 3.33. The Morgan fingerprint density at radius 3 is 2.80 bits per heavy atom. The number of aromatic carboxylic acids is 1. The maximum atomic E-state index is 11.1. The van der Waals surface area contributed by atoms with Crippen molar-refractivity contribution in [2.75, 3.05) is 13.2 Å². The minimum Gasteiger partial charge on any atom is -0.478 e. The first-order chi connectivity index (χ1) is 9.58. The minimum absolute atomic E-state index is 0.124. The van der Waals surface area contributed by atoms with Crippen LogP contribution >= 0.6 is 0 Å². The van der Waals surface area contributed by atoms with Gasteiger partial charge in [0.25, 0.3) is 0 Å². The smallest absolute Gasteiger partial charge is 0.335 e. The van der Waals surface area contributed by atoms with Crippen LogP contribution in [-0.2, 0) is 11.2 Å². The molecule has 5 heteroatoms. The van der Waals surface area contributed by atoms with Gasteiger partial charge in [-0.15, -0.1) is 0 Å². The Hall–Kier alpha value is -1.88. The van der Waals surface area contributed by atoms with Gasteiger partial charge >= 0.3 is 5.97 Å². The molecular formula is C15H20N2O3. The number of imidazole rings is 1. The molecule has 0 aliphatic rings. The highest BCUT2D eigenvalue weighted by atomic mass is 16.5. The van der Waals surface area contributed by atoms with Gasteiger partial charge in [0.05, 0.1) is 29.2 Å². The van der Waals surface area contributed by atoms with Crippen molar-refractivity contribution in [3.8, 4) is 0 Å². The van der Waals surface area contributed by atoms with E-state index in [4.69, 9.17) is 9.84 Å². The van der Waals surface area contributed by atoms with Gasteiger partial charge in [-0.05, 0) is 32.0 Å². The van der Waals surface area contributed by atoms with Crippen molar-refractivity contribution in [3.05, 3.63) is 29.6 Å². The Bertz CT molecular complexity index is 619. The number of aromatic nitrogens is 2. The van der Waals surface area contributed by atoms with E-state index in [1.54, 1.807) is 18.2 Å². The van der Waals surface area contributed by atoms with Crippen LogP contribution in [0.4, 0.5) is 0 Å². The second kappa shape index (κ2) is 6.05. The van der Waals surface area contributed by atoms with Gasteiger partial charge in [0, 0.05) is 13.0 Å². The zero-order chi connectivity index (χ0) is 14.7. The fraction of sp³-hybridized carbons (Fsp3) is 0.467. The maximum absolute atomic E-state index is 11.1. The van der Waals surface area contributed by atoms with Crippen LogP contribution in [0.25, 0.3) is 11.0 Å². The lowest BCUT2D eigenvalue weighted by molar-refractivity contribution is 0.0697. The fourth-order valence-corrected chi connectivity index (χ4v) is 2.38. The summed E-state index contributed by atoms with van der Waals surface area (Å²) in [6.45, 7) is 7.32. The van der Waals surface area contributed by atoms with Gasteiger partial charge in [0.1, 0.15) is 5.82 Å². The number of carboxylic acid groups (broad SMARTS) is 1. The highest BCUT2D eigenvalue weighted by molar-refractivity contribution is 5.92. The predicted octanol–water partition coefficient (Wildman–Crippen LogP) is 2.89. The van der Waals surface area contributed by atoms with E-state index in [0.717, 1.165) is 23.3 Å². The first-order valence-electron chi connectivity index (χ1n) is 6.90. The van der Waals surface area contributed by atoms with Crippen LogP contribution in [0.2, 0.25) is 0 Å². The summed E-state index contributed by atoms with van der Waals surface area (Å²) in [6.07, 6.45) is 0.799. The molecule has 20 heavy (non-hydrogen) atoms. The summed E-state index contributed by atoms with van der Waals surface area (Å²) >= 11 is 0. The highest BCUT2D eigenvalue weighted by Gasteiger charge is 2.16. The van der Waals surface area contributed by atoms with Crippen LogP contribution < -0.4 is 0 Å². The number of fused-ring (bicyclic) bond motifs is 1. The standard InChI is InChI=1S/C15H20N2O3/c1-4-14-16-12-7-6-11(15(18)19)8-13(12)17(14)10(3)9-20-5-2/h6-8,10H,4-5,9H2,1-3H3,(H,18,19). The fourth-order valence-electron chi connectivity index (χ4n) is 2.38. The van der Waals surface area contributed by atoms with Gasteiger partial charge < -0.3 is 14.4 Å². The van der Waals surface area contributed by atoms with Gasteiger partial charge in [-0.3, -0.25) is 0 Å². The number of aryl methyl sites for hydroxylation is 1. The molecule has 0 saturated heterocycles.